The quantitative estimate of drug-likeness (QED) is 0.803. The first kappa shape index (κ1) is 14.1. The Bertz CT molecular complexity index is 379. The molecule has 2 heterocycles. The number of nitrogens with one attached hydrogen (secondary N) is 1. The van der Waals surface area contributed by atoms with Gasteiger partial charge in [0.05, 0.1) is 11.0 Å². The Labute approximate surface area is 113 Å². The average molecular weight is 270 g/mol. The maximum absolute atomic E-state index is 12.0. The number of rotatable bonds is 3. The van der Waals surface area contributed by atoms with Crippen molar-refractivity contribution in [3.8, 4) is 0 Å². The van der Waals surface area contributed by atoms with E-state index >= 15 is 0 Å². The van der Waals surface area contributed by atoms with E-state index in [2.05, 4.69) is 5.32 Å². The van der Waals surface area contributed by atoms with Gasteiger partial charge in [-0.1, -0.05) is 0 Å². The highest BCUT2D eigenvalue weighted by molar-refractivity contribution is 5.79. The zero-order valence-corrected chi connectivity index (χ0v) is 11.6. The van der Waals surface area contributed by atoms with E-state index in [4.69, 9.17) is 9.84 Å². The van der Waals surface area contributed by atoms with Crippen molar-refractivity contribution in [3.05, 3.63) is 0 Å². The van der Waals surface area contributed by atoms with Crippen LogP contribution >= 0.6 is 0 Å². The van der Waals surface area contributed by atoms with E-state index < -0.39 is 11.4 Å². The van der Waals surface area contributed by atoms with Gasteiger partial charge >= 0.3 is 12.0 Å². The third kappa shape index (κ3) is 3.00. The summed E-state index contributed by atoms with van der Waals surface area (Å²) in [5, 5.41) is 12.0. The van der Waals surface area contributed by atoms with Gasteiger partial charge in [0.15, 0.2) is 0 Å². The second-order valence-corrected chi connectivity index (χ2v) is 6.10. The van der Waals surface area contributed by atoms with Crippen LogP contribution in [0.15, 0.2) is 0 Å². The molecule has 0 aliphatic carbocycles. The second-order valence-electron chi connectivity index (χ2n) is 6.10. The van der Waals surface area contributed by atoms with Gasteiger partial charge in [0, 0.05) is 26.2 Å². The third-order valence-electron chi connectivity index (χ3n) is 4.19. The lowest BCUT2D eigenvalue weighted by Gasteiger charge is -2.26. The number of ether oxygens (including phenoxy) is 1. The molecule has 2 saturated heterocycles. The Kier molecular flexibility index (Phi) is 3.71. The molecule has 0 aromatic rings. The Morgan fingerprint density at radius 3 is 2.63 bits per heavy atom. The fourth-order valence-corrected chi connectivity index (χ4v) is 2.66. The predicted molar refractivity (Wildman–Crippen MR) is 68.9 cm³/mol. The number of carboxylic acid groups (broad SMARTS) is 1. The SMILES string of the molecule is CC1(CNC(=O)N2CCC(C)(C(=O)O)C2)CCCO1. The molecule has 6 nitrogen and oxygen atoms in total. The molecule has 2 atom stereocenters. The zero-order chi connectivity index (χ0) is 14.1. The number of carbonyl (C=O) groups excluding carboxylic acids is 1. The first-order valence-electron chi connectivity index (χ1n) is 6.75. The van der Waals surface area contributed by atoms with Crippen molar-refractivity contribution in [1.29, 1.82) is 0 Å². The predicted octanol–water partition coefficient (Wildman–Crippen LogP) is 1.06. The highest BCUT2D eigenvalue weighted by Crippen LogP contribution is 2.30. The molecule has 2 rings (SSSR count). The number of likely N-dealkylation sites (tertiary alicyclic amines) is 1. The molecule has 0 saturated carbocycles. The number of hydrogen-bond donors (Lipinski definition) is 2. The van der Waals surface area contributed by atoms with E-state index in [0.29, 0.717) is 19.5 Å². The summed E-state index contributed by atoms with van der Waals surface area (Å²) in [4.78, 5) is 24.7. The molecule has 108 valence electrons. The van der Waals surface area contributed by atoms with Crippen LogP contribution in [0, 0.1) is 5.41 Å². The van der Waals surface area contributed by atoms with Crippen LogP contribution in [0.3, 0.4) is 0 Å². The van der Waals surface area contributed by atoms with Crippen molar-refractivity contribution in [2.24, 2.45) is 5.41 Å². The van der Waals surface area contributed by atoms with Crippen molar-refractivity contribution in [3.63, 3.8) is 0 Å². The lowest BCUT2D eigenvalue weighted by molar-refractivity contribution is -0.147. The van der Waals surface area contributed by atoms with E-state index in [0.717, 1.165) is 19.4 Å². The summed E-state index contributed by atoms with van der Waals surface area (Å²) >= 11 is 0. The van der Waals surface area contributed by atoms with E-state index in [1.807, 2.05) is 6.92 Å². The van der Waals surface area contributed by atoms with Gasteiger partial charge in [-0.05, 0) is 33.1 Å². The van der Waals surface area contributed by atoms with E-state index in [-0.39, 0.29) is 18.2 Å². The minimum absolute atomic E-state index is 0.193. The lowest BCUT2D eigenvalue weighted by Crippen LogP contribution is -2.46. The Hall–Kier alpha value is -1.30. The third-order valence-corrected chi connectivity index (χ3v) is 4.19. The summed E-state index contributed by atoms with van der Waals surface area (Å²) in [7, 11) is 0. The summed E-state index contributed by atoms with van der Waals surface area (Å²) < 4.78 is 5.61. The van der Waals surface area contributed by atoms with Gasteiger partial charge in [-0.25, -0.2) is 4.79 Å². The molecule has 0 radical (unpaired) electrons. The van der Waals surface area contributed by atoms with Crippen molar-refractivity contribution in [2.75, 3.05) is 26.2 Å². The monoisotopic (exact) mass is 270 g/mol. The standard InChI is InChI=1S/C13H22N2O4/c1-12(10(16)17)5-6-15(9-12)11(18)14-8-13(2)4-3-7-19-13/h3-9H2,1-2H3,(H,14,18)(H,16,17). The molecule has 0 aromatic carbocycles. The van der Waals surface area contributed by atoms with E-state index in [1.54, 1.807) is 11.8 Å². The molecule has 19 heavy (non-hydrogen) atoms. The molecular weight excluding hydrogens is 248 g/mol. The van der Waals surface area contributed by atoms with Crippen LogP contribution in [0.4, 0.5) is 4.79 Å². The number of urea groups is 1. The summed E-state index contributed by atoms with van der Waals surface area (Å²) in [5.41, 5.74) is -1.09. The number of carbonyl (C=O) groups is 2. The molecule has 2 amide bonds. The van der Waals surface area contributed by atoms with Crippen LogP contribution in [0.1, 0.15) is 33.1 Å². The van der Waals surface area contributed by atoms with Crippen LogP contribution in [0.25, 0.3) is 0 Å². The molecule has 2 N–H and O–H groups in total. The summed E-state index contributed by atoms with van der Waals surface area (Å²) in [5.74, 6) is -0.839. The Morgan fingerprint density at radius 2 is 2.11 bits per heavy atom. The maximum Gasteiger partial charge on any atom is 0.317 e. The van der Waals surface area contributed by atoms with Crippen molar-refractivity contribution < 1.29 is 19.4 Å². The Balaban J connectivity index is 1.83. The second kappa shape index (κ2) is 5.00. The van der Waals surface area contributed by atoms with Crippen LogP contribution < -0.4 is 5.32 Å². The van der Waals surface area contributed by atoms with Gasteiger partial charge in [0.1, 0.15) is 0 Å². The Morgan fingerprint density at radius 1 is 1.37 bits per heavy atom. The average Bonchev–Trinajstić information content (AvgIpc) is 2.95. The van der Waals surface area contributed by atoms with Crippen molar-refractivity contribution in [2.45, 2.75) is 38.7 Å². The first-order valence-corrected chi connectivity index (χ1v) is 6.75. The molecule has 6 heteroatoms. The van der Waals surface area contributed by atoms with Crippen molar-refractivity contribution in [1.82, 2.24) is 10.2 Å². The lowest BCUT2D eigenvalue weighted by atomic mass is 9.90. The summed E-state index contributed by atoms with van der Waals surface area (Å²) in [6.07, 6.45) is 2.47. The van der Waals surface area contributed by atoms with Crippen LogP contribution in [-0.4, -0.2) is 53.8 Å². The molecule has 0 aromatic heterocycles. The molecule has 2 fully saturated rings. The zero-order valence-electron chi connectivity index (χ0n) is 11.6. The minimum Gasteiger partial charge on any atom is -0.481 e. The highest BCUT2D eigenvalue weighted by atomic mass is 16.5. The van der Waals surface area contributed by atoms with Gasteiger partial charge in [0.2, 0.25) is 0 Å². The smallest absolute Gasteiger partial charge is 0.317 e. The molecule has 0 bridgehead atoms. The van der Waals surface area contributed by atoms with E-state index in [1.165, 1.54) is 0 Å². The molecule has 0 spiro atoms. The fourth-order valence-electron chi connectivity index (χ4n) is 2.66. The van der Waals surface area contributed by atoms with Gasteiger partial charge < -0.3 is 20.1 Å². The first-order chi connectivity index (χ1) is 8.85. The molecule has 2 unspecified atom stereocenters. The van der Waals surface area contributed by atoms with Crippen molar-refractivity contribution >= 4 is 12.0 Å². The normalized spacial score (nSPS) is 34.5. The number of nitrogens with zero attached hydrogens (tertiary/aromatic N) is 1. The summed E-state index contributed by atoms with van der Waals surface area (Å²) in [6.45, 7) is 5.66. The number of aliphatic carboxylic acids is 1. The van der Waals surface area contributed by atoms with Gasteiger partial charge in [-0.3, -0.25) is 4.79 Å². The molecule has 2 aliphatic rings. The van der Waals surface area contributed by atoms with Gasteiger partial charge in [0.25, 0.3) is 0 Å². The highest BCUT2D eigenvalue weighted by Gasteiger charge is 2.42. The fraction of sp³-hybridized carbons (Fsp3) is 0.846. The topological polar surface area (TPSA) is 78.9 Å². The molecular formula is C13H22N2O4. The maximum atomic E-state index is 12.0. The number of carboxylic acids is 1. The van der Waals surface area contributed by atoms with Crippen LogP contribution in [-0.2, 0) is 9.53 Å². The number of amides is 2. The molecule has 2 aliphatic heterocycles. The minimum atomic E-state index is -0.839. The summed E-state index contributed by atoms with van der Waals surface area (Å²) in [6, 6.07) is -0.193. The van der Waals surface area contributed by atoms with Crippen LogP contribution in [0.2, 0.25) is 0 Å². The van der Waals surface area contributed by atoms with Gasteiger partial charge in [-0.15, -0.1) is 0 Å². The van der Waals surface area contributed by atoms with Crippen LogP contribution in [0.5, 0.6) is 0 Å². The largest absolute Gasteiger partial charge is 0.481 e. The van der Waals surface area contributed by atoms with Gasteiger partial charge in [-0.2, -0.15) is 0 Å². The van der Waals surface area contributed by atoms with E-state index in [9.17, 15) is 9.59 Å². The number of hydrogen-bond acceptors (Lipinski definition) is 3.